The van der Waals surface area contributed by atoms with Gasteiger partial charge in [0.15, 0.2) is 0 Å². The largest absolute Gasteiger partial charge is 0.207 e. The van der Waals surface area contributed by atoms with Crippen molar-refractivity contribution in [2.45, 2.75) is 71.1 Å². The Morgan fingerprint density at radius 2 is 1.69 bits per heavy atom. The highest BCUT2D eigenvalue weighted by atomic mass is 19.1. The van der Waals surface area contributed by atoms with E-state index in [0.717, 1.165) is 43.6 Å². The van der Waals surface area contributed by atoms with Crippen LogP contribution in [-0.2, 0) is 6.42 Å². The summed E-state index contributed by atoms with van der Waals surface area (Å²) in [6, 6.07) is 4.50. The van der Waals surface area contributed by atoms with Gasteiger partial charge in [-0.3, -0.25) is 0 Å². The zero-order valence-corrected chi connectivity index (χ0v) is 17.5. The lowest BCUT2D eigenvalue weighted by Crippen LogP contribution is -2.30. The van der Waals surface area contributed by atoms with E-state index in [0.29, 0.717) is 23.6 Å². The van der Waals surface area contributed by atoms with Gasteiger partial charge in [0.2, 0.25) is 0 Å². The Morgan fingerprint density at radius 1 is 0.931 bits per heavy atom. The third kappa shape index (κ3) is 4.11. The molecule has 2 aromatic carbocycles. The predicted octanol–water partition coefficient (Wildman–Crippen LogP) is 8.09. The van der Waals surface area contributed by atoms with E-state index in [4.69, 9.17) is 0 Å². The second-order valence-electron chi connectivity index (χ2n) is 9.32. The van der Waals surface area contributed by atoms with Gasteiger partial charge in [-0.1, -0.05) is 31.6 Å². The summed E-state index contributed by atoms with van der Waals surface area (Å²) in [7, 11) is 0. The van der Waals surface area contributed by atoms with Crippen LogP contribution >= 0.6 is 0 Å². The number of hydrogen-bond donors (Lipinski definition) is 0. The Labute approximate surface area is 172 Å². The minimum Gasteiger partial charge on any atom is -0.207 e. The molecular weight excluding hydrogens is 369 g/mol. The number of aryl methyl sites for hydroxylation is 1. The first-order valence-electron chi connectivity index (χ1n) is 11.2. The third-order valence-electron chi connectivity index (χ3n) is 7.29. The van der Waals surface area contributed by atoms with Crippen molar-refractivity contribution in [3.8, 4) is 0 Å². The summed E-state index contributed by atoms with van der Waals surface area (Å²) in [5.41, 5.74) is 0.895. The van der Waals surface area contributed by atoms with E-state index in [-0.39, 0.29) is 16.9 Å². The zero-order chi connectivity index (χ0) is 20.5. The topological polar surface area (TPSA) is 0 Å². The van der Waals surface area contributed by atoms with Gasteiger partial charge in [-0.15, -0.1) is 0 Å². The van der Waals surface area contributed by atoms with Crippen molar-refractivity contribution < 1.29 is 13.2 Å². The van der Waals surface area contributed by atoms with Gasteiger partial charge in [0.25, 0.3) is 0 Å². The van der Waals surface area contributed by atoms with Gasteiger partial charge in [-0.05, 0) is 98.6 Å². The molecule has 3 heteroatoms. The first kappa shape index (κ1) is 20.5. The lowest BCUT2D eigenvalue weighted by molar-refractivity contribution is 0.123. The quantitative estimate of drug-likeness (QED) is 0.455. The summed E-state index contributed by atoms with van der Waals surface area (Å²) < 4.78 is 45.3. The molecule has 2 aliphatic carbocycles. The molecule has 0 N–H and O–H groups in total. The summed E-state index contributed by atoms with van der Waals surface area (Å²) in [5.74, 6) is 0.117. The van der Waals surface area contributed by atoms with E-state index >= 15 is 8.78 Å². The van der Waals surface area contributed by atoms with E-state index in [1.807, 2.05) is 19.1 Å². The minimum absolute atomic E-state index is 0.0458. The second kappa shape index (κ2) is 8.53. The van der Waals surface area contributed by atoms with Crippen LogP contribution in [0.4, 0.5) is 13.2 Å². The van der Waals surface area contributed by atoms with Crippen molar-refractivity contribution >= 4 is 10.8 Å². The molecule has 0 amide bonds. The van der Waals surface area contributed by atoms with Crippen LogP contribution in [-0.4, -0.2) is 0 Å². The maximum atomic E-state index is 15.4. The van der Waals surface area contributed by atoms with Gasteiger partial charge in [-0.25, -0.2) is 13.2 Å². The fraction of sp³-hybridized carbons (Fsp3) is 0.538. The first-order chi connectivity index (χ1) is 14.0. The molecule has 2 unspecified atom stereocenters. The summed E-state index contributed by atoms with van der Waals surface area (Å²) in [4.78, 5) is 0. The number of allylic oxidation sites excluding steroid dienone is 2. The van der Waals surface area contributed by atoms with Crippen LogP contribution in [0.5, 0.6) is 0 Å². The Hall–Kier alpha value is -1.77. The fourth-order valence-corrected chi connectivity index (χ4v) is 5.81. The first-order valence-corrected chi connectivity index (χ1v) is 11.2. The van der Waals surface area contributed by atoms with Crippen LogP contribution in [0.1, 0.15) is 75.8 Å². The van der Waals surface area contributed by atoms with E-state index in [1.165, 1.54) is 25.0 Å². The highest BCUT2D eigenvalue weighted by Crippen LogP contribution is 2.48. The number of fused-ring (bicyclic) bond motifs is 2. The molecule has 4 rings (SSSR count). The summed E-state index contributed by atoms with van der Waals surface area (Å²) in [6.07, 6.45) is 11.7. The van der Waals surface area contributed by atoms with Crippen molar-refractivity contribution in [3.63, 3.8) is 0 Å². The Bertz CT molecular complexity index is 914. The van der Waals surface area contributed by atoms with Gasteiger partial charge < -0.3 is 0 Å². The molecule has 0 bridgehead atoms. The molecule has 0 heterocycles. The van der Waals surface area contributed by atoms with Crippen molar-refractivity contribution in [2.75, 3.05) is 0 Å². The molecule has 0 saturated heterocycles. The number of rotatable bonds is 4. The van der Waals surface area contributed by atoms with Crippen molar-refractivity contribution in [1.82, 2.24) is 0 Å². The maximum absolute atomic E-state index is 15.4. The SMILES string of the molecule is C/C=C/CCc1cc(F)c2c(F)c([C@@H]3CC[C@@H]4CC(C)CCC4C3)c(F)cc2c1. The highest BCUT2D eigenvalue weighted by Gasteiger charge is 2.37. The van der Waals surface area contributed by atoms with E-state index in [9.17, 15) is 4.39 Å². The summed E-state index contributed by atoms with van der Waals surface area (Å²) >= 11 is 0. The summed E-state index contributed by atoms with van der Waals surface area (Å²) in [5, 5.41) is 0.287. The predicted molar refractivity (Wildman–Crippen MR) is 114 cm³/mol. The normalized spacial score (nSPS) is 27.5. The standard InChI is InChI=1S/C26H31F3/c1-3-4-5-6-17-12-21-15-23(28)24(26(29)25(21)22(27)13-17)20-10-9-18-11-16(2)7-8-19(18)14-20/h3-4,12-13,15-16,18-20H,5-11,14H2,1-2H3/b4-3+/t16?,18-,19?,20-/m1/s1. The van der Waals surface area contributed by atoms with Crippen LogP contribution in [0.2, 0.25) is 0 Å². The van der Waals surface area contributed by atoms with Gasteiger partial charge in [0.05, 0.1) is 5.39 Å². The average molecular weight is 401 g/mol. The molecule has 0 spiro atoms. The van der Waals surface area contributed by atoms with Gasteiger partial charge >= 0.3 is 0 Å². The second-order valence-corrected chi connectivity index (χ2v) is 9.32. The smallest absolute Gasteiger partial charge is 0.140 e. The Kier molecular flexibility index (Phi) is 6.03. The van der Waals surface area contributed by atoms with Crippen LogP contribution in [0.25, 0.3) is 10.8 Å². The zero-order valence-electron chi connectivity index (χ0n) is 17.5. The molecule has 0 aromatic heterocycles. The molecular formula is C26H31F3. The molecule has 29 heavy (non-hydrogen) atoms. The molecule has 2 fully saturated rings. The maximum Gasteiger partial charge on any atom is 0.140 e. The molecule has 0 radical (unpaired) electrons. The van der Waals surface area contributed by atoms with Crippen molar-refractivity contribution in [2.24, 2.45) is 17.8 Å². The molecule has 4 atom stereocenters. The molecule has 2 saturated carbocycles. The lowest BCUT2D eigenvalue weighted by Gasteiger charge is -2.41. The van der Waals surface area contributed by atoms with E-state index in [1.54, 1.807) is 6.07 Å². The van der Waals surface area contributed by atoms with Crippen molar-refractivity contribution in [1.29, 1.82) is 0 Å². The van der Waals surface area contributed by atoms with E-state index in [2.05, 4.69) is 6.92 Å². The van der Waals surface area contributed by atoms with Gasteiger partial charge in [-0.2, -0.15) is 0 Å². The van der Waals surface area contributed by atoms with Gasteiger partial charge in [0, 0.05) is 5.56 Å². The lowest BCUT2D eigenvalue weighted by atomic mass is 9.64. The molecule has 156 valence electrons. The van der Waals surface area contributed by atoms with E-state index < -0.39 is 17.5 Å². The Morgan fingerprint density at radius 3 is 2.48 bits per heavy atom. The van der Waals surface area contributed by atoms with Gasteiger partial charge in [0.1, 0.15) is 17.5 Å². The van der Waals surface area contributed by atoms with Crippen LogP contribution in [0.15, 0.2) is 30.4 Å². The molecule has 0 aliphatic heterocycles. The molecule has 2 aromatic rings. The fourth-order valence-electron chi connectivity index (χ4n) is 5.81. The van der Waals surface area contributed by atoms with Crippen LogP contribution < -0.4 is 0 Å². The minimum atomic E-state index is -0.676. The highest BCUT2D eigenvalue weighted by molar-refractivity contribution is 5.85. The molecule has 0 nitrogen and oxygen atoms in total. The van der Waals surface area contributed by atoms with Crippen LogP contribution in [0.3, 0.4) is 0 Å². The third-order valence-corrected chi connectivity index (χ3v) is 7.29. The monoisotopic (exact) mass is 400 g/mol. The Balaban J connectivity index is 1.65. The van der Waals surface area contributed by atoms with Crippen molar-refractivity contribution in [3.05, 3.63) is 58.9 Å². The number of benzene rings is 2. The van der Waals surface area contributed by atoms with Crippen LogP contribution in [0, 0.1) is 35.2 Å². The summed E-state index contributed by atoms with van der Waals surface area (Å²) in [6.45, 7) is 4.25. The number of hydrogen-bond acceptors (Lipinski definition) is 0. The average Bonchev–Trinajstić information content (AvgIpc) is 2.67. The number of halogens is 3. The molecule has 2 aliphatic rings.